The largest absolute Gasteiger partial charge is 0.378 e. The van der Waals surface area contributed by atoms with Gasteiger partial charge in [0.15, 0.2) is 0 Å². The first-order valence-electron chi connectivity index (χ1n) is 6.62. The van der Waals surface area contributed by atoms with Crippen molar-refractivity contribution in [2.24, 2.45) is 0 Å². The van der Waals surface area contributed by atoms with Crippen molar-refractivity contribution in [3.8, 4) is 0 Å². The van der Waals surface area contributed by atoms with E-state index in [4.69, 9.17) is 4.74 Å². The van der Waals surface area contributed by atoms with Gasteiger partial charge in [-0.3, -0.25) is 4.79 Å². The number of rotatable bonds is 5. The standard InChI is InChI=1S/C14H20N2O2S.ClH/c1-2-19-13-5-3-4-11(8-13)16-14(17)9-12-10-18-7-6-15-12;/h3-5,8,12,15H,2,6-7,9-10H2,1H3,(H,16,17);1H. The zero-order valence-corrected chi connectivity index (χ0v) is 13.2. The molecular weight excluding hydrogens is 296 g/mol. The molecule has 2 rings (SSSR count). The summed E-state index contributed by atoms with van der Waals surface area (Å²) in [7, 11) is 0. The fraction of sp³-hybridized carbons (Fsp3) is 0.500. The first kappa shape index (κ1) is 17.3. The molecule has 1 aliphatic rings. The van der Waals surface area contributed by atoms with Gasteiger partial charge in [0, 0.05) is 29.6 Å². The average Bonchev–Trinajstić information content (AvgIpc) is 2.40. The first-order valence-corrected chi connectivity index (χ1v) is 7.60. The third-order valence-electron chi connectivity index (χ3n) is 2.86. The van der Waals surface area contributed by atoms with E-state index in [9.17, 15) is 4.79 Å². The summed E-state index contributed by atoms with van der Waals surface area (Å²) >= 11 is 1.77. The SMILES string of the molecule is CCSc1cccc(NC(=O)CC2COCCN2)c1.Cl. The third-order valence-corrected chi connectivity index (χ3v) is 3.73. The van der Waals surface area contributed by atoms with Crippen LogP contribution in [0.2, 0.25) is 0 Å². The fourth-order valence-electron chi connectivity index (χ4n) is 2.02. The number of ether oxygens (including phenoxy) is 1. The number of carbonyl (C=O) groups is 1. The second kappa shape index (κ2) is 9.23. The fourth-order valence-corrected chi connectivity index (χ4v) is 2.74. The highest BCUT2D eigenvalue weighted by Crippen LogP contribution is 2.21. The van der Waals surface area contributed by atoms with E-state index in [2.05, 4.69) is 23.6 Å². The summed E-state index contributed by atoms with van der Waals surface area (Å²) in [5.74, 6) is 1.06. The van der Waals surface area contributed by atoms with E-state index in [1.54, 1.807) is 11.8 Å². The minimum atomic E-state index is 0. The summed E-state index contributed by atoms with van der Waals surface area (Å²) in [5, 5.41) is 6.22. The lowest BCUT2D eigenvalue weighted by Crippen LogP contribution is -2.43. The summed E-state index contributed by atoms with van der Waals surface area (Å²) in [4.78, 5) is 13.1. The predicted molar refractivity (Wildman–Crippen MR) is 85.9 cm³/mol. The van der Waals surface area contributed by atoms with Gasteiger partial charge >= 0.3 is 0 Å². The zero-order valence-electron chi connectivity index (χ0n) is 11.6. The number of halogens is 1. The van der Waals surface area contributed by atoms with Crippen LogP contribution >= 0.6 is 24.2 Å². The Hall–Kier alpha value is -0.750. The number of hydrogen-bond acceptors (Lipinski definition) is 4. The molecule has 0 spiro atoms. The monoisotopic (exact) mass is 316 g/mol. The molecule has 6 heteroatoms. The zero-order chi connectivity index (χ0) is 13.5. The van der Waals surface area contributed by atoms with Gasteiger partial charge in [0.2, 0.25) is 5.91 Å². The van der Waals surface area contributed by atoms with Crippen molar-refractivity contribution in [3.63, 3.8) is 0 Å². The number of nitrogens with one attached hydrogen (secondary N) is 2. The van der Waals surface area contributed by atoms with Crippen LogP contribution in [-0.4, -0.2) is 37.5 Å². The molecule has 20 heavy (non-hydrogen) atoms. The number of amides is 1. The summed E-state index contributed by atoms with van der Waals surface area (Å²) in [6.07, 6.45) is 0.450. The molecule has 1 saturated heterocycles. The molecule has 1 aromatic carbocycles. The second-order valence-corrected chi connectivity index (χ2v) is 5.78. The Balaban J connectivity index is 0.00000200. The average molecular weight is 317 g/mol. The van der Waals surface area contributed by atoms with Crippen molar-refractivity contribution in [2.45, 2.75) is 24.3 Å². The van der Waals surface area contributed by atoms with Crippen molar-refractivity contribution >= 4 is 35.8 Å². The van der Waals surface area contributed by atoms with Crippen molar-refractivity contribution < 1.29 is 9.53 Å². The van der Waals surface area contributed by atoms with E-state index in [1.807, 2.05) is 18.2 Å². The Bertz CT molecular complexity index is 425. The van der Waals surface area contributed by atoms with Gasteiger partial charge in [0.1, 0.15) is 0 Å². The van der Waals surface area contributed by atoms with Gasteiger partial charge < -0.3 is 15.4 Å². The molecule has 1 fully saturated rings. The molecule has 1 amide bonds. The van der Waals surface area contributed by atoms with Gasteiger partial charge in [-0.25, -0.2) is 0 Å². The normalized spacial score (nSPS) is 18.1. The van der Waals surface area contributed by atoms with Gasteiger partial charge in [-0.15, -0.1) is 24.2 Å². The summed E-state index contributed by atoms with van der Waals surface area (Å²) in [6, 6.07) is 8.08. The molecule has 1 atom stereocenters. The first-order chi connectivity index (χ1) is 9.28. The molecule has 0 aromatic heterocycles. The van der Waals surface area contributed by atoms with Crippen LogP contribution in [0.3, 0.4) is 0 Å². The van der Waals surface area contributed by atoms with Crippen LogP contribution in [0.15, 0.2) is 29.2 Å². The lowest BCUT2D eigenvalue weighted by Gasteiger charge is -2.23. The van der Waals surface area contributed by atoms with Crippen LogP contribution in [0.5, 0.6) is 0 Å². The molecule has 2 N–H and O–H groups in total. The van der Waals surface area contributed by atoms with Gasteiger partial charge in [0.05, 0.1) is 13.2 Å². The maximum absolute atomic E-state index is 11.9. The molecule has 1 heterocycles. The Morgan fingerprint density at radius 1 is 1.55 bits per heavy atom. The number of anilines is 1. The van der Waals surface area contributed by atoms with Crippen LogP contribution in [0.1, 0.15) is 13.3 Å². The molecule has 1 aliphatic heterocycles. The van der Waals surface area contributed by atoms with Crippen molar-refractivity contribution in [1.29, 1.82) is 0 Å². The number of carbonyl (C=O) groups excluding carboxylic acids is 1. The van der Waals surface area contributed by atoms with Crippen LogP contribution in [-0.2, 0) is 9.53 Å². The van der Waals surface area contributed by atoms with Gasteiger partial charge in [0.25, 0.3) is 0 Å². The van der Waals surface area contributed by atoms with Crippen LogP contribution < -0.4 is 10.6 Å². The van der Waals surface area contributed by atoms with E-state index in [1.165, 1.54) is 4.90 Å². The van der Waals surface area contributed by atoms with Gasteiger partial charge in [-0.2, -0.15) is 0 Å². The Morgan fingerprint density at radius 2 is 2.40 bits per heavy atom. The van der Waals surface area contributed by atoms with E-state index in [0.717, 1.165) is 24.6 Å². The van der Waals surface area contributed by atoms with Gasteiger partial charge in [-0.1, -0.05) is 13.0 Å². The maximum Gasteiger partial charge on any atom is 0.226 e. The number of morpholine rings is 1. The maximum atomic E-state index is 11.9. The summed E-state index contributed by atoms with van der Waals surface area (Å²) < 4.78 is 5.34. The molecular formula is C14H21ClN2O2S. The molecule has 0 aliphatic carbocycles. The highest BCUT2D eigenvalue weighted by Gasteiger charge is 2.16. The van der Waals surface area contributed by atoms with Crippen LogP contribution in [0.4, 0.5) is 5.69 Å². The van der Waals surface area contributed by atoms with E-state index < -0.39 is 0 Å². The molecule has 1 unspecified atom stereocenters. The van der Waals surface area contributed by atoms with E-state index >= 15 is 0 Å². The Morgan fingerprint density at radius 3 is 3.10 bits per heavy atom. The molecule has 0 bridgehead atoms. The van der Waals surface area contributed by atoms with E-state index in [-0.39, 0.29) is 24.4 Å². The number of benzene rings is 1. The lowest BCUT2D eigenvalue weighted by molar-refractivity contribution is -0.117. The Labute approximate surface area is 130 Å². The highest BCUT2D eigenvalue weighted by atomic mass is 35.5. The molecule has 4 nitrogen and oxygen atoms in total. The highest BCUT2D eigenvalue weighted by molar-refractivity contribution is 7.99. The smallest absolute Gasteiger partial charge is 0.226 e. The quantitative estimate of drug-likeness (QED) is 0.820. The molecule has 0 radical (unpaired) electrons. The molecule has 1 aromatic rings. The van der Waals surface area contributed by atoms with Gasteiger partial charge in [-0.05, 0) is 24.0 Å². The van der Waals surface area contributed by atoms with Crippen molar-refractivity contribution in [3.05, 3.63) is 24.3 Å². The van der Waals surface area contributed by atoms with Crippen molar-refractivity contribution in [2.75, 3.05) is 30.8 Å². The lowest BCUT2D eigenvalue weighted by atomic mass is 10.2. The molecule has 0 saturated carbocycles. The minimum Gasteiger partial charge on any atom is -0.378 e. The topological polar surface area (TPSA) is 50.4 Å². The van der Waals surface area contributed by atoms with Crippen LogP contribution in [0, 0.1) is 0 Å². The number of hydrogen-bond donors (Lipinski definition) is 2. The predicted octanol–water partition coefficient (Wildman–Crippen LogP) is 2.54. The number of thioether (sulfide) groups is 1. The van der Waals surface area contributed by atoms with E-state index in [0.29, 0.717) is 13.0 Å². The third kappa shape index (κ3) is 5.71. The summed E-state index contributed by atoms with van der Waals surface area (Å²) in [6.45, 7) is 4.28. The van der Waals surface area contributed by atoms with Crippen molar-refractivity contribution in [1.82, 2.24) is 5.32 Å². The molecule has 112 valence electrons. The second-order valence-electron chi connectivity index (χ2n) is 4.44. The minimum absolute atomic E-state index is 0. The summed E-state index contributed by atoms with van der Waals surface area (Å²) in [5.41, 5.74) is 0.861. The van der Waals surface area contributed by atoms with Crippen LogP contribution in [0.25, 0.3) is 0 Å². The Kier molecular flexibility index (Phi) is 7.99.